The molecule has 168 valence electrons. The molecule has 1 heterocycles. The van der Waals surface area contributed by atoms with Crippen LogP contribution in [0.15, 0.2) is 66.7 Å². The van der Waals surface area contributed by atoms with Crippen molar-refractivity contribution < 1.29 is 9.59 Å². The molecule has 0 bridgehead atoms. The summed E-state index contributed by atoms with van der Waals surface area (Å²) in [6.07, 6.45) is 2.02. The molecule has 2 amide bonds. The first-order valence-electron chi connectivity index (χ1n) is 10.9. The topological polar surface area (TPSA) is 86.9 Å². The van der Waals surface area contributed by atoms with Crippen LogP contribution < -0.4 is 10.6 Å². The molecular weight excluding hydrogens is 436 g/mol. The van der Waals surface area contributed by atoms with Gasteiger partial charge in [-0.2, -0.15) is 0 Å². The maximum atomic E-state index is 12.6. The number of rotatable bonds is 8. The van der Waals surface area contributed by atoms with Crippen LogP contribution in [0.5, 0.6) is 0 Å². The molecule has 0 spiro atoms. The van der Waals surface area contributed by atoms with Gasteiger partial charge in [0.1, 0.15) is 5.82 Å². The normalized spacial score (nSPS) is 10.8. The molecule has 0 radical (unpaired) electrons. The highest BCUT2D eigenvalue weighted by atomic mass is 35.5. The Kier molecular flexibility index (Phi) is 7.05. The van der Waals surface area contributed by atoms with Crippen LogP contribution in [0.4, 0.5) is 5.69 Å². The molecular formula is C26H25ClN4O2. The van der Waals surface area contributed by atoms with Gasteiger partial charge in [0.15, 0.2) is 0 Å². The molecule has 0 aliphatic heterocycles. The zero-order valence-electron chi connectivity index (χ0n) is 18.3. The van der Waals surface area contributed by atoms with Crippen LogP contribution in [-0.2, 0) is 24.2 Å². The highest BCUT2D eigenvalue weighted by Crippen LogP contribution is 2.17. The fourth-order valence-corrected chi connectivity index (χ4v) is 3.60. The van der Waals surface area contributed by atoms with Crippen LogP contribution in [0, 0.1) is 0 Å². The average molecular weight is 461 g/mol. The zero-order valence-corrected chi connectivity index (χ0v) is 19.1. The van der Waals surface area contributed by atoms with E-state index in [2.05, 4.69) is 20.6 Å². The minimum absolute atomic E-state index is 0.00283. The molecule has 33 heavy (non-hydrogen) atoms. The summed E-state index contributed by atoms with van der Waals surface area (Å²) in [7, 11) is 0. The number of hydrogen-bond acceptors (Lipinski definition) is 3. The number of amides is 2. The summed E-state index contributed by atoms with van der Waals surface area (Å²) in [5, 5.41) is 6.45. The minimum atomic E-state index is -0.141. The minimum Gasteiger partial charge on any atom is -0.348 e. The smallest absolute Gasteiger partial charge is 0.251 e. The van der Waals surface area contributed by atoms with E-state index in [0.717, 1.165) is 46.5 Å². The van der Waals surface area contributed by atoms with Crippen molar-refractivity contribution in [1.82, 2.24) is 15.3 Å². The third-order valence-electron chi connectivity index (χ3n) is 5.37. The summed E-state index contributed by atoms with van der Waals surface area (Å²) in [4.78, 5) is 32.0. The first-order valence-corrected chi connectivity index (χ1v) is 11.3. The average Bonchev–Trinajstić information content (AvgIpc) is 3.25. The van der Waals surface area contributed by atoms with E-state index in [1.54, 1.807) is 18.2 Å². The van der Waals surface area contributed by atoms with Crippen LogP contribution in [0.3, 0.4) is 0 Å². The number of benzene rings is 3. The lowest BCUT2D eigenvalue weighted by Crippen LogP contribution is -2.22. The van der Waals surface area contributed by atoms with Gasteiger partial charge in [-0.1, -0.05) is 42.8 Å². The Hall–Kier alpha value is -3.64. The second kappa shape index (κ2) is 10.3. The molecule has 0 aliphatic carbocycles. The van der Waals surface area contributed by atoms with Crippen LogP contribution >= 0.6 is 11.6 Å². The van der Waals surface area contributed by atoms with Crippen LogP contribution in [0.1, 0.15) is 40.7 Å². The summed E-state index contributed by atoms with van der Waals surface area (Å²) >= 11 is 5.90. The van der Waals surface area contributed by atoms with Gasteiger partial charge in [-0.25, -0.2) is 4.98 Å². The molecule has 0 saturated heterocycles. The van der Waals surface area contributed by atoms with E-state index >= 15 is 0 Å². The molecule has 6 nitrogen and oxygen atoms in total. The molecule has 4 aromatic rings. The number of anilines is 1. The number of fused-ring (bicyclic) bond motifs is 1. The Morgan fingerprint density at radius 1 is 0.939 bits per heavy atom. The van der Waals surface area contributed by atoms with E-state index in [1.807, 2.05) is 55.5 Å². The van der Waals surface area contributed by atoms with Crippen molar-refractivity contribution in [3.63, 3.8) is 0 Å². The van der Waals surface area contributed by atoms with Gasteiger partial charge in [0, 0.05) is 35.7 Å². The number of carbonyl (C=O) groups excluding carboxylic acids is 2. The number of imidazole rings is 1. The first kappa shape index (κ1) is 22.6. The number of carbonyl (C=O) groups is 2. The monoisotopic (exact) mass is 460 g/mol. The SMILES string of the molecule is CCC(=O)Nc1ccc(CCc2nc3ccc(C(=O)NCc4ccc(Cl)cc4)cc3[nH]2)cc1. The molecule has 0 saturated carbocycles. The van der Waals surface area contributed by atoms with E-state index in [0.29, 0.717) is 23.6 Å². The summed E-state index contributed by atoms with van der Waals surface area (Å²) in [6, 6.07) is 20.7. The largest absolute Gasteiger partial charge is 0.348 e. The highest BCUT2D eigenvalue weighted by molar-refractivity contribution is 6.30. The molecule has 0 fully saturated rings. The van der Waals surface area contributed by atoms with Crippen LogP contribution in [0.2, 0.25) is 5.02 Å². The van der Waals surface area contributed by atoms with Gasteiger partial charge < -0.3 is 15.6 Å². The molecule has 7 heteroatoms. The molecule has 0 unspecified atom stereocenters. The fourth-order valence-electron chi connectivity index (χ4n) is 3.48. The number of nitrogens with zero attached hydrogens (tertiary/aromatic N) is 1. The van der Waals surface area contributed by atoms with Gasteiger partial charge in [0.25, 0.3) is 5.91 Å². The predicted octanol–water partition coefficient (Wildman–Crippen LogP) is 5.28. The fraction of sp³-hybridized carbons (Fsp3) is 0.192. The zero-order chi connectivity index (χ0) is 23.2. The molecule has 0 aliphatic rings. The van der Waals surface area contributed by atoms with Crippen molar-refractivity contribution >= 4 is 40.1 Å². The quantitative estimate of drug-likeness (QED) is 0.334. The van der Waals surface area contributed by atoms with E-state index in [-0.39, 0.29) is 11.8 Å². The van der Waals surface area contributed by atoms with Crippen molar-refractivity contribution in [1.29, 1.82) is 0 Å². The number of H-pyrrole nitrogens is 1. The number of aryl methyl sites for hydroxylation is 2. The van der Waals surface area contributed by atoms with Crippen molar-refractivity contribution in [2.24, 2.45) is 0 Å². The lowest BCUT2D eigenvalue weighted by atomic mass is 10.1. The second-order valence-electron chi connectivity index (χ2n) is 7.82. The predicted molar refractivity (Wildman–Crippen MR) is 131 cm³/mol. The van der Waals surface area contributed by atoms with Gasteiger partial charge in [0.05, 0.1) is 11.0 Å². The number of hydrogen-bond donors (Lipinski definition) is 3. The third-order valence-corrected chi connectivity index (χ3v) is 5.62. The summed E-state index contributed by atoms with van der Waals surface area (Å²) in [5.74, 6) is 0.730. The van der Waals surface area contributed by atoms with Gasteiger partial charge in [-0.3, -0.25) is 9.59 Å². The van der Waals surface area contributed by atoms with Gasteiger partial charge in [-0.15, -0.1) is 0 Å². The lowest BCUT2D eigenvalue weighted by molar-refractivity contribution is -0.115. The standard InChI is InChI=1S/C26H25ClN4O2/c1-2-25(32)29-21-11-5-17(6-12-21)7-14-24-30-22-13-8-19(15-23(22)31-24)26(33)28-16-18-3-9-20(27)10-4-18/h3-6,8-13,15H,2,7,14,16H2,1H3,(H,28,33)(H,29,32)(H,30,31). The molecule has 0 atom stereocenters. The first-order chi connectivity index (χ1) is 16.0. The van der Waals surface area contributed by atoms with Crippen molar-refractivity contribution in [2.75, 3.05) is 5.32 Å². The molecule has 1 aromatic heterocycles. The number of aromatic amines is 1. The Morgan fingerprint density at radius 3 is 2.39 bits per heavy atom. The highest BCUT2D eigenvalue weighted by Gasteiger charge is 2.10. The Labute approximate surface area is 197 Å². The second-order valence-corrected chi connectivity index (χ2v) is 8.26. The Morgan fingerprint density at radius 2 is 1.67 bits per heavy atom. The maximum absolute atomic E-state index is 12.6. The Bertz CT molecular complexity index is 1260. The van der Waals surface area contributed by atoms with Crippen LogP contribution in [-0.4, -0.2) is 21.8 Å². The molecule has 3 N–H and O–H groups in total. The molecule has 3 aromatic carbocycles. The van der Waals surface area contributed by atoms with Crippen molar-refractivity contribution in [2.45, 2.75) is 32.7 Å². The summed E-state index contributed by atoms with van der Waals surface area (Å²) in [6.45, 7) is 2.26. The molecule has 4 rings (SSSR count). The number of nitrogens with one attached hydrogen (secondary N) is 3. The summed E-state index contributed by atoms with van der Waals surface area (Å²) < 4.78 is 0. The lowest BCUT2D eigenvalue weighted by Gasteiger charge is -2.05. The van der Waals surface area contributed by atoms with Crippen LogP contribution in [0.25, 0.3) is 11.0 Å². The summed E-state index contributed by atoms with van der Waals surface area (Å²) in [5.41, 5.74) is 5.19. The number of aromatic nitrogens is 2. The van der Waals surface area contributed by atoms with E-state index < -0.39 is 0 Å². The van der Waals surface area contributed by atoms with E-state index in [4.69, 9.17) is 11.6 Å². The van der Waals surface area contributed by atoms with Gasteiger partial charge in [-0.05, 0) is 60.0 Å². The van der Waals surface area contributed by atoms with Crippen molar-refractivity contribution in [3.05, 3.63) is 94.3 Å². The van der Waals surface area contributed by atoms with Gasteiger partial charge >= 0.3 is 0 Å². The maximum Gasteiger partial charge on any atom is 0.251 e. The Balaban J connectivity index is 1.35. The van der Waals surface area contributed by atoms with E-state index in [9.17, 15) is 9.59 Å². The third kappa shape index (κ3) is 5.99. The number of halogens is 1. The van der Waals surface area contributed by atoms with E-state index in [1.165, 1.54) is 0 Å². The van der Waals surface area contributed by atoms with Gasteiger partial charge in [0.2, 0.25) is 5.91 Å². The van der Waals surface area contributed by atoms with Crippen molar-refractivity contribution in [3.8, 4) is 0 Å².